The SMILES string of the molecule is Cc1cc(F)c2ccccc2c1C(C)C. The van der Waals surface area contributed by atoms with Gasteiger partial charge in [-0.1, -0.05) is 38.1 Å². The van der Waals surface area contributed by atoms with Gasteiger partial charge in [0.1, 0.15) is 5.82 Å². The number of fused-ring (bicyclic) bond motifs is 1. The molecule has 0 radical (unpaired) electrons. The molecule has 0 atom stereocenters. The highest BCUT2D eigenvalue weighted by Crippen LogP contribution is 2.30. The molecule has 0 aromatic heterocycles. The van der Waals surface area contributed by atoms with E-state index in [1.807, 2.05) is 31.2 Å². The first-order chi connectivity index (χ1) is 7.11. The maximum absolute atomic E-state index is 13.7. The second-order valence-corrected chi connectivity index (χ2v) is 4.29. The minimum atomic E-state index is -0.118. The van der Waals surface area contributed by atoms with Gasteiger partial charge in [-0.15, -0.1) is 0 Å². The zero-order chi connectivity index (χ0) is 11.0. The Morgan fingerprint density at radius 3 is 2.27 bits per heavy atom. The Kier molecular flexibility index (Phi) is 2.47. The summed E-state index contributed by atoms with van der Waals surface area (Å²) < 4.78 is 13.7. The molecule has 0 spiro atoms. The smallest absolute Gasteiger partial charge is 0.131 e. The molecule has 78 valence electrons. The predicted molar refractivity (Wildman–Crippen MR) is 62.7 cm³/mol. The van der Waals surface area contributed by atoms with E-state index in [0.717, 1.165) is 16.3 Å². The van der Waals surface area contributed by atoms with Gasteiger partial charge >= 0.3 is 0 Å². The summed E-state index contributed by atoms with van der Waals surface area (Å²) in [5.74, 6) is 0.308. The first kappa shape index (κ1) is 10.2. The molecular weight excluding hydrogens is 187 g/mol. The average molecular weight is 202 g/mol. The zero-order valence-corrected chi connectivity index (χ0v) is 9.34. The number of hydrogen-bond donors (Lipinski definition) is 0. The van der Waals surface area contributed by atoms with Gasteiger partial charge in [-0.2, -0.15) is 0 Å². The third kappa shape index (κ3) is 1.63. The molecule has 0 aliphatic rings. The fourth-order valence-corrected chi connectivity index (χ4v) is 2.25. The van der Waals surface area contributed by atoms with Crippen LogP contribution in [0.1, 0.15) is 30.9 Å². The number of benzene rings is 2. The Morgan fingerprint density at radius 2 is 1.67 bits per heavy atom. The van der Waals surface area contributed by atoms with Gasteiger partial charge in [-0.25, -0.2) is 4.39 Å². The van der Waals surface area contributed by atoms with Gasteiger partial charge in [-0.05, 0) is 35.4 Å². The molecule has 0 aliphatic carbocycles. The molecule has 0 saturated heterocycles. The van der Waals surface area contributed by atoms with Crippen molar-refractivity contribution in [2.24, 2.45) is 0 Å². The topological polar surface area (TPSA) is 0 Å². The lowest BCUT2D eigenvalue weighted by atomic mass is 9.91. The quantitative estimate of drug-likeness (QED) is 0.642. The molecule has 2 aromatic carbocycles. The molecule has 15 heavy (non-hydrogen) atoms. The second kappa shape index (κ2) is 3.65. The molecule has 0 unspecified atom stereocenters. The molecule has 0 aliphatic heterocycles. The number of halogens is 1. The van der Waals surface area contributed by atoms with E-state index in [9.17, 15) is 4.39 Å². The lowest BCUT2D eigenvalue weighted by Gasteiger charge is -2.14. The summed E-state index contributed by atoms with van der Waals surface area (Å²) in [6.45, 7) is 6.27. The summed E-state index contributed by atoms with van der Waals surface area (Å²) in [5.41, 5.74) is 2.30. The summed E-state index contributed by atoms with van der Waals surface area (Å²) >= 11 is 0. The van der Waals surface area contributed by atoms with Crippen LogP contribution in [0.2, 0.25) is 0 Å². The van der Waals surface area contributed by atoms with E-state index in [1.165, 1.54) is 5.56 Å². The van der Waals surface area contributed by atoms with E-state index in [1.54, 1.807) is 6.07 Å². The minimum Gasteiger partial charge on any atom is -0.206 e. The van der Waals surface area contributed by atoms with Crippen molar-refractivity contribution in [3.8, 4) is 0 Å². The molecule has 0 fully saturated rings. The van der Waals surface area contributed by atoms with E-state index in [2.05, 4.69) is 13.8 Å². The molecule has 0 heterocycles. The van der Waals surface area contributed by atoms with Gasteiger partial charge in [0.15, 0.2) is 0 Å². The normalized spacial score (nSPS) is 11.3. The lowest BCUT2D eigenvalue weighted by Crippen LogP contribution is -1.96. The van der Waals surface area contributed by atoms with E-state index in [0.29, 0.717) is 5.92 Å². The van der Waals surface area contributed by atoms with Crippen LogP contribution in [-0.4, -0.2) is 0 Å². The number of hydrogen-bond acceptors (Lipinski definition) is 0. The molecule has 2 aromatic rings. The van der Waals surface area contributed by atoms with Gasteiger partial charge in [0.25, 0.3) is 0 Å². The van der Waals surface area contributed by atoms with Crippen molar-refractivity contribution in [1.29, 1.82) is 0 Å². The van der Waals surface area contributed by atoms with Crippen molar-refractivity contribution in [1.82, 2.24) is 0 Å². The van der Waals surface area contributed by atoms with Crippen molar-refractivity contribution in [3.63, 3.8) is 0 Å². The Hall–Kier alpha value is -1.37. The van der Waals surface area contributed by atoms with Crippen LogP contribution in [-0.2, 0) is 0 Å². The highest BCUT2D eigenvalue weighted by Gasteiger charge is 2.11. The lowest BCUT2D eigenvalue weighted by molar-refractivity contribution is 0.637. The van der Waals surface area contributed by atoms with Crippen molar-refractivity contribution >= 4 is 10.8 Å². The molecule has 0 saturated carbocycles. The molecule has 0 bridgehead atoms. The highest BCUT2D eigenvalue weighted by molar-refractivity contribution is 5.87. The van der Waals surface area contributed by atoms with Gasteiger partial charge < -0.3 is 0 Å². The van der Waals surface area contributed by atoms with Crippen LogP contribution in [0.4, 0.5) is 4.39 Å². The first-order valence-corrected chi connectivity index (χ1v) is 5.29. The van der Waals surface area contributed by atoms with Crippen LogP contribution in [0, 0.1) is 12.7 Å². The van der Waals surface area contributed by atoms with E-state index >= 15 is 0 Å². The summed E-state index contributed by atoms with van der Waals surface area (Å²) in [5, 5.41) is 1.77. The maximum atomic E-state index is 13.7. The molecule has 1 heteroatoms. The standard InChI is InChI=1S/C14H15F/c1-9(2)14-10(3)8-13(15)11-6-4-5-7-12(11)14/h4-9H,1-3H3. The minimum absolute atomic E-state index is 0.118. The zero-order valence-electron chi connectivity index (χ0n) is 9.34. The summed E-state index contributed by atoms with van der Waals surface area (Å²) in [6, 6.07) is 9.33. The van der Waals surface area contributed by atoms with Crippen LogP contribution in [0.25, 0.3) is 10.8 Å². The average Bonchev–Trinajstić information content (AvgIpc) is 2.17. The van der Waals surface area contributed by atoms with E-state index in [-0.39, 0.29) is 5.82 Å². The summed E-state index contributed by atoms with van der Waals surface area (Å²) in [4.78, 5) is 0. The van der Waals surface area contributed by atoms with Crippen LogP contribution >= 0.6 is 0 Å². The molecule has 0 amide bonds. The largest absolute Gasteiger partial charge is 0.206 e. The van der Waals surface area contributed by atoms with Crippen LogP contribution in [0.15, 0.2) is 30.3 Å². The third-order valence-electron chi connectivity index (χ3n) is 2.82. The Bertz CT molecular complexity index is 498. The molecular formula is C14H15F. The van der Waals surface area contributed by atoms with Gasteiger partial charge in [-0.3, -0.25) is 0 Å². The van der Waals surface area contributed by atoms with Crippen molar-refractivity contribution < 1.29 is 4.39 Å². The summed E-state index contributed by atoms with van der Waals surface area (Å²) in [7, 11) is 0. The molecule has 2 rings (SSSR count). The summed E-state index contributed by atoms with van der Waals surface area (Å²) in [6.07, 6.45) is 0. The van der Waals surface area contributed by atoms with Gasteiger partial charge in [0, 0.05) is 5.39 Å². The molecule has 0 nitrogen and oxygen atoms in total. The van der Waals surface area contributed by atoms with Crippen molar-refractivity contribution in [2.45, 2.75) is 26.7 Å². The van der Waals surface area contributed by atoms with E-state index in [4.69, 9.17) is 0 Å². The van der Waals surface area contributed by atoms with Crippen LogP contribution < -0.4 is 0 Å². The monoisotopic (exact) mass is 202 g/mol. The fourth-order valence-electron chi connectivity index (χ4n) is 2.25. The van der Waals surface area contributed by atoms with Crippen LogP contribution in [0.5, 0.6) is 0 Å². The maximum Gasteiger partial charge on any atom is 0.131 e. The molecule has 0 N–H and O–H groups in total. The second-order valence-electron chi connectivity index (χ2n) is 4.29. The first-order valence-electron chi connectivity index (χ1n) is 5.29. The Labute approximate surface area is 89.7 Å². The van der Waals surface area contributed by atoms with Gasteiger partial charge in [0.2, 0.25) is 0 Å². The van der Waals surface area contributed by atoms with E-state index < -0.39 is 0 Å². The van der Waals surface area contributed by atoms with Crippen molar-refractivity contribution in [3.05, 3.63) is 47.3 Å². The number of rotatable bonds is 1. The third-order valence-corrected chi connectivity index (χ3v) is 2.82. The Balaban J connectivity index is 2.90. The fraction of sp³-hybridized carbons (Fsp3) is 0.286. The Morgan fingerprint density at radius 1 is 1.07 bits per heavy atom. The number of aryl methyl sites for hydroxylation is 1. The van der Waals surface area contributed by atoms with Crippen molar-refractivity contribution in [2.75, 3.05) is 0 Å². The predicted octanol–water partition coefficient (Wildman–Crippen LogP) is 4.41. The highest BCUT2D eigenvalue weighted by atomic mass is 19.1. The van der Waals surface area contributed by atoms with Gasteiger partial charge in [0.05, 0.1) is 0 Å². The van der Waals surface area contributed by atoms with Crippen LogP contribution in [0.3, 0.4) is 0 Å².